The number of esters is 1. The molecule has 0 fully saturated rings. The van der Waals surface area contributed by atoms with Crippen molar-refractivity contribution < 1.29 is 19.4 Å². The van der Waals surface area contributed by atoms with Crippen LogP contribution in [0.1, 0.15) is 29.3 Å². The van der Waals surface area contributed by atoms with Gasteiger partial charge in [-0.25, -0.2) is 4.79 Å². The Morgan fingerprint density at radius 2 is 2.00 bits per heavy atom. The van der Waals surface area contributed by atoms with E-state index in [-0.39, 0.29) is 12.5 Å². The first-order valence-corrected chi connectivity index (χ1v) is 6.17. The zero-order valence-corrected chi connectivity index (χ0v) is 11.5. The molecule has 0 aliphatic heterocycles. The van der Waals surface area contributed by atoms with Crippen LogP contribution in [0.2, 0.25) is 0 Å². The second kappa shape index (κ2) is 7.97. The van der Waals surface area contributed by atoms with E-state index in [1.54, 1.807) is 31.2 Å². The third-order valence-corrected chi connectivity index (χ3v) is 2.52. The van der Waals surface area contributed by atoms with Crippen LogP contribution in [-0.2, 0) is 9.53 Å². The Bertz CT molecular complexity index is 525. The van der Waals surface area contributed by atoms with Crippen LogP contribution in [0.5, 0.6) is 0 Å². The van der Waals surface area contributed by atoms with E-state index in [9.17, 15) is 9.59 Å². The summed E-state index contributed by atoms with van der Waals surface area (Å²) in [6.07, 6.45) is 0.416. The summed E-state index contributed by atoms with van der Waals surface area (Å²) < 4.78 is 4.53. The zero-order valence-electron chi connectivity index (χ0n) is 11.5. The molecule has 0 saturated carbocycles. The summed E-state index contributed by atoms with van der Waals surface area (Å²) in [6.45, 7) is 1.58. The SMILES string of the molecule is COC(=O)C(C)NC(=O)c1ccc(C#CCCO)cc1. The second-order valence-electron chi connectivity index (χ2n) is 4.07. The largest absolute Gasteiger partial charge is 0.467 e. The number of ether oxygens (including phenoxy) is 1. The summed E-state index contributed by atoms with van der Waals surface area (Å²) in [6, 6.07) is 5.98. The van der Waals surface area contributed by atoms with Crippen molar-refractivity contribution in [3.05, 3.63) is 35.4 Å². The van der Waals surface area contributed by atoms with E-state index in [2.05, 4.69) is 21.9 Å². The molecule has 5 heteroatoms. The van der Waals surface area contributed by atoms with Gasteiger partial charge in [-0.05, 0) is 31.2 Å². The molecule has 1 aromatic carbocycles. The minimum absolute atomic E-state index is 0.0267. The Morgan fingerprint density at radius 3 is 2.55 bits per heavy atom. The van der Waals surface area contributed by atoms with Gasteiger partial charge in [0.05, 0.1) is 13.7 Å². The molecule has 0 radical (unpaired) electrons. The summed E-state index contributed by atoms with van der Waals surface area (Å²) in [5, 5.41) is 11.2. The van der Waals surface area contributed by atoms with Gasteiger partial charge in [-0.1, -0.05) is 11.8 Å². The molecule has 2 N–H and O–H groups in total. The van der Waals surface area contributed by atoms with Gasteiger partial charge in [0.15, 0.2) is 0 Å². The average Bonchev–Trinajstić information content (AvgIpc) is 2.47. The van der Waals surface area contributed by atoms with Gasteiger partial charge < -0.3 is 15.2 Å². The van der Waals surface area contributed by atoms with E-state index in [4.69, 9.17) is 5.11 Å². The maximum atomic E-state index is 11.9. The molecule has 1 atom stereocenters. The lowest BCUT2D eigenvalue weighted by molar-refractivity contribution is -0.142. The van der Waals surface area contributed by atoms with Crippen molar-refractivity contribution in [2.45, 2.75) is 19.4 Å². The fraction of sp³-hybridized carbons (Fsp3) is 0.333. The van der Waals surface area contributed by atoms with Crippen LogP contribution in [0.25, 0.3) is 0 Å². The first-order valence-electron chi connectivity index (χ1n) is 6.17. The van der Waals surface area contributed by atoms with Gasteiger partial charge in [0, 0.05) is 17.5 Å². The van der Waals surface area contributed by atoms with Crippen LogP contribution in [0, 0.1) is 11.8 Å². The van der Waals surface area contributed by atoms with E-state index in [0.717, 1.165) is 5.56 Å². The molecule has 0 bridgehead atoms. The highest BCUT2D eigenvalue weighted by Gasteiger charge is 2.16. The van der Waals surface area contributed by atoms with Crippen molar-refractivity contribution in [1.29, 1.82) is 0 Å². The minimum Gasteiger partial charge on any atom is -0.467 e. The highest BCUT2D eigenvalue weighted by Crippen LogP contribution is 2.04. The molecular weight excluding hydrogens is 258 g/mol. The second-order valence-corrected chi connectivity index (χ2v) is 4.07. The standard InChI is InChI=1S/C15H17NO4/c1-11(15(19)20-2)16-14(18)13-8-6-12(7-9-13)5-3-4-10-17/h6-9,11,17H,4,10H2,1-2H3,(H,16,18). The molecule has 20 heavy (non-hydrogen) atoms. The molecule has 1 unspecified atom stereocenters. The summed E-state index contributed by atoms with van der Waals surface area (Å²) in [7, 11) is 1.27. The minimum atomic E-state index is -0.698. The van der Waals surface area contributed by atoms with Crippen molar-refractivity contribution in [3.63, 3.8) is 0 Å². The lowest BCUT2D eigenvalue weighted by Gasteiger charge is -2.11. The number of aliphatic hydroxyl groups is 1. The first kappa shape index (κ1) is 15.7. The number of benzene rings is 1. The van der Waals surface area contributed by atoms with E-state index in [1.165, 1.54) is 7.11 Å². The molecule has 5 nitrogen and oxygen atoms in total. The monoisotopic (exact) mass is 275 g/mol. The molecule has 0 spiro atoms. The fourth-order valence-electron chi connectivity index (χ4n) is 1.44. The van der Waals surface area contributed by atoms with Crippen molar-refractivity contribution in [2.24, 2.45) is 0 Å². The van der Waals surface area contributed by atoms with Crippen molar-refractivity contribution in [2.75, 3.05) is 13.7 Å². The highest BCUT2D eigenvalue weighted by atomic mass is 16.5. The predicted octanol–water partition coefficient (Wildman–Crippen LogP) is 0.712. The molecule has 0 aliphatic rings. The Kier molecular flexibility index (Phi) is 6.27. The molecule has 1 amide bonds. The molecule has 0 aromatic heterocycles. The lowest BCUT2D eigenvalue weighted by atomic mass is 10.1. The molecule has 1 aromatic rings. The topological polar surface area (TPSA) is 75.6 Å². The van der Waals surface area contributed by atoms with E-state index >= 15 is 0 Å². The molecule has 0 saturated heterocycles. The molecule has 106 valence electrons. The number of methoxy groups -OCH3 is 1. The summed E-state index contributed by atoms with van der Waals surface area (Å²) in [5.74, 6) is 4.81. The van der Waals surface area contributed by atoms with E-state index < -0.39 is 12.0 Å². The van der Waals surface area contributed by atoms with Gasteiger partial charge in [-0.3, -0.25) is 4.79 Å². The molecule has 1 rings (SSSR count). The lowest BCUT2D eigenvalue weighted by Crippen LogP contribution is -2.39. The van der Waals surface area contributed by atoms with Crippen molar-refractivity contribution in [3.8, 4) is 11.8 Å². The van der Waals surface area contributed by atoms with Crippen LogP contribution in [-0.4, -0.2) is 36.7 Å². The molecular formula is C15H17NO4. The number of rotatable bonds is 4. The third-order valence-electron chi connectivity index (χ3n) is 2.52. The van der Waals surface area contributed by atoms with Crippen LogP contribution in [0.3, 0.4) is 0 Å². The Labute approximate surface area is 117 Å². The number of hydrogen-bond acceptors (Lipinski definition) is 4. The van der Waals surface area contributed by atoms with Crippen LogP contribution < -0.4 is 5.32 Å². The maximum Gasteiger partial charge on any atom is 0.328 e. The van der Waals surface area contributed by atoms with Crippen LogP contribution in [0.15, 0.2) is 24.3 Å². The van der Waals surface area contributed by atoms with Gasteiger partial charge in [0.2, 0.25) is 0 Å². The molecule has 0 heterocycles. The van der Waals surface area contributed by atoms with Gasteiger partial charge >= 0.3 is 5.97 Å². The third kappa shape index (κ3) is 4.75. The van der Waals surface area contributed by atoms with Gasteiger partial charge in [-0.15, -0.1) is 0 Å². The van der Waals surface area contributed by atoms with Crippen LogP contribution in [0.4, 0.5) is 0 Å². The number of carbonyl (C=O) groups is 2. The number of carbonyl (C=O) groups excluding carboxylic acids is 2. The summed E-state index contributed by atoms with van der Waals surface area (Å²) >= 11 is 0. The Morgan fingerprint density at radius 1 is 1.35 bits per heavy atom. The Hall–Kier alpha value is -2.32. The van der Waals surface area contributed by atoms with Gasteiger partial charge in [0.1, 0.15) is 6.04 Å². The van der Waals surface area contributed by atoms with Crippen LogP contribution >= 0.6 is 0 Å². The average molecular weight is 275 g/mol. The van der Waals surface area contributed by atoms with Gasteiger partial charge in [0.25, 0.3) is 5.91 Å². The maximum absolute atomic E-state index is 11.9. The Balaban J connectivity index is 2.67. The van der Waals surface area contributed by atoms with E-state index in [0.29, 0.717) is 12.0 Å². The number of nitrogens with one attached hydrogen (secondary N) is 1. The first-order chi connectivity index (χ1) is 9.58. The number of aliphatic hydroxyl groups excluding tert-OH is 1. The summed E-state index contributed by atoms with van der Waals surface area (Å²) in [5.41, 5.74) is 1.20. The van der Waals surface area contributed by atoms with Crippen molar-refractivity contribution >= 4 is 11.9 Å². The normalized spacial score (nSPS) is 10.9. The number of amides is 1. The quantitative estimate of drug-likeness (QED) is 0.627. The predicted molar refractivity (Wildman–Crippen MR) is 74.0 cm³/mol. The molecule has 0 aliphatic carbocycles. The summed E-state index contributed by atoms with van der Waals surface area (Å²) in [4.78, 5) is 23.1. The number of hydrogen-bond donors (Lipinski definition) is 2. The van der Waals surface area contributed by atoms with E-state index in [1.807, 2.05) is 0 Å². The highest BCUT2D eigenvalue weighted by molar-refractivity contribution is 5.96. The smallest absolute Gasteiger partial charge is 0.328 e. The zero-order chi connectivity index (χ0) is 15.0. The fourth-order valence-corrected chi connectivity index (χ4v) is 1.44. The van der Waals surface area contributed by atoms with Crippen molar-refractivity contribution in [1.82, 2.24) is 5.32 Å². The van der Waals surface area contributed by atoms with Gasteiger partial charge in [-0.2, -0.15) is 0 Å².